The topological polar surface area (TPSA) is 137 Å². The Labute approximate surface area is 177 Å². The Morgan fingerprint density at radius 2 is 1.90 bits per heavy atom. The maximum absolute atomic E-state index is 12.8. The standard InChI is InChI=1S/C21H18N8O2/c1-14-9-11-16(12-10-14)18-17(24-28-29(18)20-19(22)26-31-27-20)21(30)25-23-13-5-8-15-6-3-2-4-7-15/h2-13H,1H3,(H2,22,26)(H,25,30). The molecule has 1 amide bonds. The lowest BCUT2D eigenvalue weighted by atomic mass is 10.1. The average Bonchev–Trinajstić information content (AvgIpc) is 3.40. The van der Waals surface area contributed by atoms with Crippen LogP contribution in [0, 0.1) is 6.92 Å². The van der Waals surface area contributed by atoms with Gasteiger partial charge in [0, 0.05) is 11.8 Å². The van der Waals surface area contributed by atoms with E-state index in [4.69, 9.17) is 5.73 Å². The van der Waals surface area contributed by atoms with E-state index in [1.807, 2.05) is 67.6 Å². The summed E-state index contributed by atoms with van der Waals surface area (Å²) in [7, 11) is 0. The van der Waals surface area contributed by atoms with Gasteiger partial charge in [-0.15, -0.1) is 5.10 Å². The van der Waals surface area contributed by atoms with E-state index in [1.165, 1.54) is 10.9 Å². The second-order valence-corrected chi connectivity index (χ2v) is 6.53. The third-order valence-electron chi connectivity index (χ3n) is 4.32. The van der Waals surface area contributed by atoms with Gasteiger partial charge in [-0.25, -0.2) is 10.1 Å². The molecule has 2 heterocycles. The number of aromatic nitrogens is 5. The molecule has 0 aliphatic carbocycles. The molecule has 0 saturated carbocycles. The van der Waals surface area contributed by atoms with Crippen molar-refractivity contribution in [3.8, 4) is 17.1 Å². The summed E-state index contributed by atoms with van der Waals surface area (Å²) in [5.74, 6) is -0.382. The van der Waals surface area contributed by atoms with Crippen LogP contribution in [0.5, 0.6) is 0 Å². The largest absolute Gasteiger partial charge is 0.378 e. The zero-order valence-electron chi connectivity index (χ0n) is 16.5. The molecule has 0 aliphatic heterocycles. The monoisotopic (exact) mass is 414 g/mol. The van der Waals surface area contributed by atoms with Gasteiger partial charge in [-0.1, -0.05) is 71.5 Å². The van der Waals surface area contributed by atoms with Crippen LogP contribution in [0.4, 0.5) is 5.82 Å². The number of hydrogen-bond acceptors (Lipinski definition) is 8. The Balaban J connectivity index is 1.60. The summed E-state index contributed by atoms with van der Waals surface area (Å²) in [4.78, 5) is 12.8. The van der Waals surface area contributed by atoms with Gasteiger partial charge in [0.1, 0.15) is 5.69 Å². The number of rotatable bonds is 6. The molecule has 2 aromatic carbocycles. The second kappa shape index (κ2) is 8.82. The molecule has 3 N–H and O–H groups in total. The first-order valence-corrected chi connectivity index (χ1v) is 9.30. The Bertz CT molecular complexity index is 1240. The lowest BCUT2D eigenvalue weighted by Crippen LogP contribution is -2.19. The molecule has 31 heavy (non-hydrogen) atoms. The molecule has 0 spiro atoms. The predicted molar refractivity (Wildman–Crippen MR) is 115 cm³/mol. The van der Waals surface area contributed by atoms with Crippen molar-refractivity contribution in [2.45, 2.75) is 6.92 Å². The number of carbonyl (C=O) groups is 1. The van der Waals surface area contributed by atoms with Crippen molar-refractivity contribution in [1.29, 1.82) is 0 Å². The van der Waals surface area contributed by atoms with Gasteiger partial charge >= 0.3 is 0 Å². The summed E-state index contributed by atoms with van der Waals surface area (Å²) in [6.07, 6.45) is 5.06. The number of nitrogens with zero attached hydrogens (tertiary/aromatic N) is 6. The van der Waals surface area contributed by atoms with Crippen molar-refractivity contribution in [3.05, 3.63) is 77.5 Å². The molecule has 0 fully saturated rings. The van der Waals surface area contributed by atoms with E-state index in [0.717, 1.165) is 11.1 Å². The van der Waals surface area contributed by atoms with Gasteiger partial charge < -0.3 is 5.73 Å². The smallest absolute Gasteiger partial charge is 0.294 e. The van der Waals surface area contributed by atoms with Crippen molar-refractivity contribution in [2.75, 3.05) is 5.73 Å². The van der Waals surface area contributed by atoms with Gasteiger partial charge in [0.2, 0.25) is 11.6 Å². The molecule has 10 heteroatoms. The van der Waals surface area contributed by atoms with Crippen molar-refractivity contribution < 1.29 is 9.42 Å². The normalized spacial score (nSPS) is 11.4. The van der Waals surface area contributed by atoms with E-state index in [9.17, 15) is 4.79 Å². The molecule has 10 nitrogen and oxygen atoms in total. The number of nitrogens with two attached hydrogens (primary N) is 1. The van der Waals surface area contributed by atoms with Crippen molar-refractivity contribution in [3.63, 3.8) is 0 Å². The van der Waals surface area contributed by atoms with E-state index in [0.29, 0.717) is 11.3 Å². The predicted octanol–water partition coefficient (Wildman–Crippen LogP) is 2.64. The van der Waals surface area contributed by atoms with Crippen molar-refractivity contribution in [1.82, 2.24) is 30.7 Å². The number of carbonyl (C=O) groups excluding carboxylic acids is 1. The SMILES string of the molecule is Cc1ccc(-c2c(C(=O)NN=CC=Cc3ccccc3)nnn2-c2nonc2N)cc1. The molecular formula is C21H18N8O2. The fourth-order valence-corrected chi connectivity index (χ4v) is 2.80. The van der Waals surface area contributed by atoms with Crippen LogP contribution < -0.4 is 11.2 Å². The molecule has 4 aromatic rings. The number of allylic oxidation sites excluding steroid dienone is 1. The van der Waals surface area contributed by atoms with Crippen LogP contribution in [0.1, 0.15) is 21.6 Å². The maximum atomic E-state index is 12.8. The van der Waals surface area contributed by atoms with Crippen LogP contribution in [-0.2, 0) is 0 Å². The minimum absolute atomic E-state index is 0.0225. The molecule has 0 unspecified atom stereocenters. The number of amides is 1. The van der Waals surface area contributed by atoms with Crippen molar-refractivity contribution >= 4 is 24.0 Å². The first-order chi connectivity index (χ1) is 15.1. The van der Waals surface area contributed by atoms with E-state index in [1.54, 1.807) is 6.08 Å². The Morgan fingerprint density at radius 3 is 2.61 bits per heavy atom. The van der Waals surface area contributed by atoms with Crippen LogP contribution in [0.3, 0.4) is 0 Å². The number of hydrazone groups is 1. The highest BCUT2D eigenvalue weighted by molar-refractivity contribution is 5.98. The van der Waals surface area contributed by atoms with Gasteiger partial charge in [0.15, 0.2) is 5.69 Å². The molecule has 0 bridgehead atoms. The number of aryl methyl sites for hydroxylation is 1. The summed E-state index contributed by atoms with van der Waals surface area (Å²) in [6.45, 7) is 1.96. The highest BCUT2D eigenvalue weighted by atomic mass is 16.6. The van der Waals surface area contributed by atoms with Gasteiger partial charge in [-0.2, -0.15) is 9.78 Å². The minimum atomic E-state index is -0.541. The van der Waals surface area contributed by atoms with Gasteiger partial charge in [0.05, 0.1) is 0 Å². The maximum Gasteiger partial charge on any atom is 0.294 e. The van der Waals surface area contributed by atoms with E-state index in [2.05, 4.69) is 35.8 Å². The second-order valence-electron chi connectivity index (χ2n) is 6.53. The quantitative estimate of drug-likeness (QED) is 0.365. The first kappa shape index (κ1) is 19.7. The van der Waals surface area contributed by atoms with E-state index in [-0.39, 0.29) is 17.3 Å². The molecule has 0 aliphatic rings. The lowest BCUT2D eigenvalue weighted by molar-refractivity contribution is 0.0950. The Hall–Kier alpha value is -4.60. The van der Waals surface area contributed by atoms with Crippen LogP contribution in [0.25, 0.3) is 23.2 Å². The molecule has 0 saturated heterocycles. The molecule has 154 valence electrons. The van der Waals surface area contributed by atoms with Crippen LogP contribution >= 0.6 is 0 Å². The van der Waals surface area contributed by atoms with E-state index < -0.39 is 5.91 Å². The van der Waals surface area contributed by atoms with Gasteiger partial charge in [-0.05, 0) is 28.9 Å². The van der Waals surface area contributed by atoms with Gasteiger partial charge in [-0.3, -0.25) is 4.79 Å². The Kier molecular flexibility index (Phi) is 5.61. The van der Waals surface area contributed by atoms with Crippen LogP contribution in [-0.4, -0.2) is 37.4 Å². The molecule has 0 atom stereocenters. The summed E-state index contributed by atoms with van der Waals surface area (Å²) in [6, 6.07) is 17.2. The highest BCUT2D eigenvalue weighted by Crippen LogP contribution is 2.26. The van der Waals surface area contributed by atoms with Gasteiger partial charge in [0.25, 0.3) is 5.91 Å². The third kappa shape index (κ3) is 4.37. The summed E-state index contributed by atoms with van der Waals surface area (Å²) in [5, 5.41) is 19.3. The fourth-order valence-electron chi connectivity index (χ4n) is 2.80. The first-order valence-electron chi connectivity index (χ1n) is 9.30. The summed E-state index contributed by atoms with van der Waals surface area (Å²) >= 11 is 0. The molecule has 2 aromatic heterocycles. The zero-order valence-corrected chi connectivity index (χ0v) is 16.5. The van der Waals surface area contributed by atoms with E-state index >= 15 is 0 Å². The molecular weight excluding hydrogens is 396 g/mol. The highest BCUT2D eigenvalue weighted by Gasteiger charge is 2.25. The van der Waals surface area contributed by atoms with Crippen LogP contribution in [0.15, 0.2) is 70.4 Å². The third-order valence-corrected chi connectivity index (χ3v) is 4.32. The van der Waals surface area contributed by atoms with Crippen molar-refractivity contribution in [2.24, 2.45) is 5.10 Å². The number of benzene rings is 2. The van der Waals surface area contributed by atoms with Crippen LogP contribution in [0.2, 0.25) is 0 Å². The Morgan fingerprint density at radius 1 is 1.13 bits per heavy atom. The minimum Gasteiger partial charge on any atom is -0.378 e. The number of hydrogen-bond donors (Lipinski definition) is 2. The molecule has 0 radical (unpaired) electrons. The zero-order chi connectivity index (χ0) is 21.6. The number of nitrogen functional groups attached to an aromatic ring is 1. The molecule has 4 rings (SSSR count). The average molecular weight is 414 g/mol. The summed E-state index contributed by atoms with van der Waals surface area (Å²) in [5.41, 5.74) is 11.5. The fraction of sp³-hybridized carbons (Fsp3) is 0.0476. The summed E-state index contributed by atoms with van der Waals surface area (Å²) < 4.78 is 5.97. The number of anilines is 1. The lowest BCUT2D eigenvalue weighted by Gasteiger charge is -2.06. The number of nitrogens with one attached hydrogen (secondary N) is 1.